The van der Waals surface area contributed by atoms with Crippen LogP contribution in [0.2, 0.25) is 0 Å². The normalized spacial score (nSPS) is 12.5. The Kier molecular flexibility index (Phi) is 16.0. The van der Waals surface area contributed by atoms with E-state index in [4.69, 9.17) is 9.29 Å². The molecular formula is C15H27NaO7S. The Balaban J connectivity index is 0. The third-order valence-electron chi connectivity index (χ3n) is 3.15. The summed E-state index contributed by atoms with van der Waals surface area (Å²) in [5.74, 6) is -1.55. The fraction of sp³-hybridized carbons (Fsp3) is 0.733. The van der Waals surface area contributed by atoms with E-state index in [1.165, 1.54) is 0 Å². The first-order valence-corrected chi connectivity index (χ1v) is 9.36. The van der Waals surface area contributed by atoms with Gasteiger partial charge in [0, 0.05) is 12.2 Å². The first kappa shape index (κ1) is 25.8. The predicted octanol–water partition coefficient (Wildman–Crippen LogP) is 1.47. The Bertz CT molecular complexity index is 488. The molecule has 24 heavy (non-hydrogen) atoms. The molecule has 1 unspecified atom stereocenters. The summed E-state index contributed by atoms with van der Waals surface area (Å²) in [6.45, 7) is 4.30. The van der Waals surface area contributed by atoms with Gasteiger partial charge in [0.2, 0.25) is 0 Å². The first-order chi connectivity index (χ1) is 10.8. The molecule has 136 valence electrons. The van der Waals surface area contributed by atoms with E-state index in [9.17, 15) is 18.0 Å². The zero-order valence-corrected chi connectivity index (χ0v) is 14.5. The van der Waals surface area contributed by atoms with Gasteiger partial charge < -0.3 is 9.47 Å². The molecule has 0 saturated heterocycles. The maximum atomic E-state index is 11.5. The van der Waals surface area contributed by atoms with Gasteiger partial charge in [0.1, 0.15) is 0 Å². The SMILES string of the molecule is CCCCC(CC)COC(=O)/C=C\C(=O)OCCCS(=O)(=O)O.[NaH]. The molecule has 0 spiro atoms. The summed E-state index contributed by atoms with van der Waals surface area (Å²) < 4.78 is 39.1. The molecule has 0 aromatic heterocycles. The molecular weight excluding hydrogens is 347 g/mol. The van der Waals surface area contributed by atoms with Gasteiger partial charge in [0.25, 0.3) is 10.1 Å². The third-order valence-corrected chi connectivity index (χ3v) is 3.96. The van der Waals surface area contributed by atoms with Crippen molar-refractivity contribution in [3.63, 3.8) is 0 Å². The second kappa shape index (κ2) is 14.9. The molecule has 7 nitrogen and oxygen atoms in total. The minimum absolute atomic E-state index is 0. The van der Waals surface area contributed by atoms with Crippen LogP contribution < -0.4 is 0 Å². The number of hydrogen-bond donors (Lipinski definition) is 1. The molecule has 0 amide bonds. The topological polar surface area (TPSA) is 107 Å². The van der Waals surface area contributed by atoms with E-state index in [-0.39, 0.29) is 42.6 Å². The number of hydrogen-bond acceptors (Lipinski definition) is 6. The molecule has 0 fully saturated rings. The summed E-state index contributed by atoms with van der Waals surface area (Å²) >= 11 is 0. The summed E-state index contributed by atoms with van der Waals surface area (Å²) in [7, 11) is -4.06. The van der Waals surface area contributed by atoms with Crippen LogP contribution in [-0.2, 0) is 29.2 Å². The van der Waals surface area contributed by atoms with E-state index in [0.29, 0.717) is 12.5 Å². The molecule has 0 rings (SSSR count). The van der Waals surface area contributed by atoms with Gasteiger partial charge in [-0.15, -0.1) is 0 Å². The van der Waals surface area contributed by atoms with Gasteiger partial charge in [-0.2, -0.15) is 8.42 Å². The second-order valence-corrected chi connectivity index (χ2v) is 6.76. The monoisotopic (exact) mass is 374 g/mol. The zero-order valence-electron chi connectivity index (χ0n) is 13.7. The van der Waals surface area contributed by atoms with Crippen LogP contribution in [0.5, 0.6) is 0 Å². The van der Waals surface area contributed by atoms with Crippen molar-refractivity contribution in [1.29, 1.82) is 0 Å². The van der Waals surface area contributed by atoms with Crippen molar-refractivity contribution in [3.8, 4) is 0 Å². The van der Waals surface area contributed by atoms with Gasteiger partial charge in [-0.1, -0.05) is 33.1 Å². The van der Waals surface area contributed by atoms with Crippen LogP contribution in [0.4, 0.5) is 0 Å². The molecule has 1 atom stereocenters. The van der Waals surface area contributed by atoms with Crippen molar-refractivity contribution < 1.29 is 32.0 Å². The molecule has 0 aliphatic rings. The van der Waals surface area contributed by atoms with Crippen molar-refractivity contribution >= 4 is 51.6 Å². The van der Waals surface area contributed by atoms with E-state index in [1.807, 2.05) is 6.92 Å². The van der Waals surface area contributed by atoms with Crippen molar-refractivity contribution in [1.82, 2.24) is 0 Å². The maximum absolute atomic E-state index is 11.5. The van der Waals surface area contributed by atoms with Crippen LogP contribution in [0.15, 0.2) is 12.2 Å². The van der Waals surface area contributed by atoms with Gasteiger partial charge in [-0.3, -0.25) is 4.55 Å². The van der Waals surface area contributed by atoms with Crippen LogP contribution in [-0.4, -0.2) is 73.4 Å². The number of esters is 2. The zero-order chi connectivity index (χ0) is 17.7. The molecule has 9 heteroatoms. The molecule has 0 aromatic rings. The van der Waals surface area contributed by atoms with E-state index in [0.717, 1.165) is 37.8 Å². The van der Waals surface area contributed by atoms with Crippen molar-refractivity contribution in [2.45, 2.75) is 46.0 Å². The summed E-state index contributed by atoms with van der Waals surface area (Å²) in [6, 6.07) is 0. The van der Waals surface area contributed by atoms with E-state index in [2.05, 4.69) is 11.7 Å². The predicted molar refractivity (Wildman–Crippen MR) is 92.5 cm³/mol. The number of carbonyl (C=O) groups excluding carboxylic acids is 2. The number of unbranched alkanes of at least 4 members (excludes halogenated alkanes) is 1. The second-order valence-electron chi connectivity index (χ2n) is 5.19. The fourth-order valence-electron chi connectivity index (χ4n) is 1.74. The number of ether oxygens (including phenoxy) is 2. The average Bonchev–Trinajstić information content (AvgIpc) is 2.48. The van der Waals surface area contributed by atoms with Gasteiger partial charge in [-0.25, -0.2) is 9.59 Å². The Morgan fingerprint density at radius 1 is 1.08 bits per heavy atom. The summed E-state index contributed by atoms with van der Waals surface area (Å²) in [5, 5.41) is 0. The van der Waals surface area contributed by atoms with E-state index < -0.39 is 27.8 Å². The molecule has 0 aromatic carbocycles. The van der Waals surface area contributed by atoms with Crippen molar-refractivity contribution in [2.75, 3.05) is 19.0 Å². The molecule has 0 aliphatic heterocycles. The van der Waals surface area contributed by atoms with Crippen LogP contribution in [0.25, 0.3) is 0 Å². The van der Waals surface area contributed by atoms with Gasteiger partial charge in [0.05, 0.1) is 19.0 Å². The van der Waals surface area contributed by atoms with Gasteiger partial charge in [0.15, 0.2) is 0 Å². The quantitative estimate of drug-likeness (QED) is 0.181. The van der Waals surface area contributed by atoms with Gasteiger partial charge in [-0.05, 0) is 18.8 Å². The summed E-state index contributed by atoms with van der Waals surface area (Å²) in [5.41, 5.74) is 0. The molecule has 1 N–H and O–H groups in total. The van der Waals surface area contributed by atoms with Crippen molar-refractivity contribution in [3.05, 3.63) is 12.2 Å². The Labute approximate surface area is 166 Å². The van der Waals surface area contributed by atoms with Gasteiger partial charge >= 0.3 is 41.5 Å². The first-order valence-electron chi connectivity index (χ1n) is 7.75. The molecule has 0 bridgehead atoms. The van der Waals surface area contributed by atoms with Crippen LogP contribution in [0, 0.1) is 5.92 Å². The fourth-order valence-corrected chi connectivity index (χ4v) is 2.23. The molecule has 0 saturated carbocycles. The molecule has 0 aliphatic carbocycles. The standard InChI is InChI=1S/C15H26O7S.Na.H/c1-3-5-7-13(4-2)12-22-15(17)9-8-14(16)21-10-6-11-23(18,19)20;;/h8-9,13H,3-7,10-12H2,1-2H3,(H,18,19,20);;/b9-8-;;. The summed E-state index contributed by atoms with van der Waals surface area (Å²) in [4.78, 5) is 22.8. The third kappa shape index (κ3) is 16.4. The number of carbonyl (C=O) groups is 2. The summed E-state index contributed by atoms with van der Waals surface area (Å²) in [6.07, 6.45) is 6.00. The van der Waals surface area contributed by atoms with Crippen LogP contribution in [0.1, 0.15) is 46.0 Å². The molecule has 0 radical (unpaired) electrons. The number of rotatable bonds is 12. The Morgan fingerprint density at radius 2 is 1.67 bits per heavy atom. The van der Waals surface area contributed by atoms with Crippen LogP contribution in [0.3, 0.4) is 0 Å². The van der Waals surface area contributed by atoms with Crippen molar-refractivity contribution in [2.24, 2.45) is 5.92 Å². The Morgan fingerprint density at radius 3 is 2.17 bits per heavy atom. The average molecular weight is 374 g/mol. The molecule has 0 heterocycles. The van der Waals surface area contributed by atoms with Crippen LogP contribution >= 0.6 is 0 Å². The Hall–Kier alpha value is -0.410. The van der Waals surface area contributed by atoms with E-state index in [1.54, 1.807) is 0 Å². The minimum atomic E-state index is -4.06. The van der Waals surface area contributed by atoms with E-state index >= 15 is 0 Å².